The van der Waals surface area contributed by atoms with Gasteiger partial charge in [0.1, 0.15) is 5.82 Å². The Morgan fingerprint density at radius 3 is 2.77 bits per heavy atom. The molecule has 2 N–H and O–H groups in total. The van der Waals surface area contributed by atoms with Crippen LogP contribution in [0.25, 0.3) is 11.0 Å². The molecule has 3 heterocycles. The van der Waals surface area contributed by atoms with Gasteiger partial charge in [0.05, 0.1) is 16.7 Å². The number of hydrogen-bond donors (Lipinski definition) is 2. The number of rotatable bonds is 4. The summed E-state index contributed by atoms with van der Waals surface area (Å²) in [5, 5.41) is 24.6. The standard InChI is InChI=1S/C26H29N7O2/c1-16-10-11-20-21(32(16)26(34)35)12-13-22-24(20)27-23(14-17-6-3-2-4-7-17)33(22)19-9-5-8-18(15-19)25-28-30-31-29-25/h2-4,6-7,12-13,16,18-19H,5,8-11,14-15H2,1H3,(H,34,35)(H,28,29,30,31)/t16-,18-,19-/m0/s1. The van der Waals surface area contributed by atoms with Gasteiger partial charge in [-0.15, -0.1) is 5.10 Å². The first-order chi connectivity index (χ1) is 17.1. The predicted molar refractivity (Wildman–Crippen MR) is 132 cm³/mol. The molecule has 3 atom stereocenters. The first-order valence-corrected chi connectivity index (χ1v) is 12.4. The largest absolute Gasteiger partial charge is 0.465 e. The van der Waals surface area contributed by atoms with E-state index >= 15 is 0 Å². The molecular formula is C26H29N7O2. The highest BCUT2D eigenvalue weighted by atomic mass is 16.4. The molecule has 2 aromatic carbocycles. The van der Waals surface area contributed by atoms with Crippen LogP contribution in [0, 0.1) is 0 Å². The fourth-order valence-electron chi connectivity index (χ4n) is 6.03. The number of amides is 1. The van der Waals surface area contributed by atoms with Crippen molar-refractivity contribution in [2.24, 2.45) is 0 Å². The molecule has 1 aliphatic heterocycles. The highest BCUT2D eigenvalue weighted by molar-refractivity contribution is 5.94. The number of nitrogens with one attached hydrogen (secondary N) is 1. The Bertz CT molecular complexity index is 1350. The lowest BCUT2D eigenvalue weighted by atomic mass is 9.85. The number of carbonyl (C=O) groups is 1. The fourth-order valence-corrected chi connectivity index (χ4v) is 6.03. The Morgan fingerprint density at radius 1 is 1.14 bits per heavy atom. The number of aryl methyl sites for hydroxylation is 1. The average Bonchev–Trinajstić information content (AvgIpc) is 3.52. The second kappa shape index (κ2) is 8.79. The molecule has 1 aliphatic carbocycles. The number of nitrogens with zero attached hydrogens (tertiary/aromatic N) is 6. The van der Waals surface area contributed by atoms with Crippen LogP contribution >= 0.6 is 0 Å². The van der Waals surface area contributed by atoms with E-state index < -0.39 is 6.09 Å². The molecule has 0 radical (unpaired) electrons. The van der Waals surface area contributed by atoms with E-state index in [1.54, 1.807) is 0 Å². The second-order valence-electron chi connectivity index (χ2n) is 9.84. The molecule has 35 heavy (non-hydrogen) atoms. The molecule has 2 aromatic heterocycles. The Hall–Kier alpha value is -3.75. The van der Waals surface area contributed by atoms with Crippen LogP contribution in [0.1, 0.15) is 73.8 Å². The third kappa shape index (κ3) is 3.84. The van der Waals surface area contributed by atoms with Crippen molar-refractivity contribution >= 4 is 22.8 Å². The molecule has 0 spiro atoms. The highest BCUT2D eigenvalue weighted by Gasteiger charge is 2.33. The van der Waals surface area contributed by atoms with Crippen LogP contribution < -0.4 is 4.90 Å². The summed E-state index contributed by atoms with van der Waals surface area (Å²) in [4.78, 5) is 18.8. The number of tetrazole rings is 1. The Kier molecular flexibility index (Phi) is 5.47. The first kappa shape index (κ1) is 21.8. The minimum Gasteiger partial charge on any atom is -0.465 e. The van der Waals surface area contributed by atoms with E-state index in [-0.39, 0.29) is 18.0 Å². The van der Waals surface area contributed by atoms with Crippen LogP contribution in [-0.2, 0) is 12.8 Å². The maximum absolute atomic E-state index is 12.1. The third-order valence-corrected chi connectivity index (χ3v) is 7.70. The Labute approximate surface area is 203 Å². The number of hydrogen-bond acceptors (Lipinski definition) is 5. The number of imidazole rings is 1. The number of H-pyrrole nitrogens is 1. The molecule has 2 aliphatic rings. The minimum atomic E-state index is -0.905. The number of anilines is 1. The van der Waals surface area contributed by atoms with Crippen molar-refractivity contribution in [3.63, 3.8) is 0 Å². The van der Waals surface area contributed by atoms with Crippen LogP contribution in [-0.4, -0.2) is 47.4 Å². The van der Waals surface area contributed by atoms with Crippen LogP contribution in [0.4, 0.5) is 10.5 Å². The molecule has 0 bridgehead atoms. The lowest BCUT2D eigenvalue weighted by Gasteiger charge is -2.33. The second-order valence-corrected chi connectivity index (χ2v) is 9.84. The van der Waals surface area contributed by atoms with Gasteiger partial charge < -0.3 is 9.67 Å². The van der Waals surface area contributed by atoms with Gasteiger partial charge in [0.25, 0.3) is 0 Å². The van der Waals surface area contributed by atoms with Gasteiger partial charge in [0.15, 0.2) is 5.82 Å². The zero-order chi connectivity index (χ0) is 23.9. The van der Waals surface area contributed by atoms with Crippen LogP contribution in [0.3, 0.4) is 0 Å². The summed E-state index contributed by atoms with van der Waals surface area (Å²) in [6.45, 7) is 1.97. The van der Waals surface area contributed by atoms with Gasteiger partial charge in [0.2, 0.25) is 0 Å². The van der Waals surface area contributed by atoms with E-state index in [1.807, 2.05) is 19.1 Å². The van der Waals surface area contributed by atoms with Crippen molar-refractivity contribution in [3.8, 4) is 0 Å². The lowest BCUT2D eigenvalue weighted by Crippen LogP contribution is -2.41. The summed E-state index contributed by atoms with van der Waals surface area (Å²) in [7, 11) is 0. The number of aromatic nitrogens is 6. The van der Waals surface area contributed by atoms with Gasteiger partial charge in [-0.25, -0.2) is 14.9 Å². The van der Waals surface area contributed by atoms with Crippen LogP contribution in [0.5, 0.6) is 0 Å². The lowest BCUT2D eigenvalue weighted by molar-refractivity contribution is 0.198. The van der Waals surface area contributed by atoms with E-state index in [1.165, 1.54) is 10.5 Å². The topological polar surface area (TPSA) is 113 Å². The van der Waals surface area contributed by atoms with Crippen molar-refractivity contribution in [1.82, 2.24) is 30.2 Å². The van der Waals surface area contributed by atoms with Gasteiger partial charge in [-0.1, -0.05) is 36.8 Å². The smallest absolute Gasteiger partial charge is 0.412 e. The third-order valence-electron chi connectivity index (χ3n) is 7.70. The van der Waals surface area contributed by atoms with Gasteiger partial charge in [-0.05, 0) is 67.2 Å². The normalized spacial score (nSPS) is 22.3. The van der Waals surface area contributed by atoms with Crippen molar-refractivity contribution in [3.05, 3.63) is 65.2 Å². The summed E-state index contributed by atoms with van der Waals surface area (Å²) >= 11 is 0. The summed E-state index contributed by atoms with van der Waals surface area (Å²) in [6.07, 6.45) is 5.62. The van der Waals surface area contributed by atoms with Crippen LogP contribution in [0.2, 0.25) is 0 Å². The maximum atomic E-state index is 12.1. The van der Waals surface area contributed by atoms with Crippen molar-refractivity contribution in [1.29, 1.82) is 0 Å². The van der Waals surface area contributed by atoms with Crippen molar-refractivity contribution in [2.75, 3.05) is 4.90 Å². The molecule has 1 amide bonds. The fraction of sp³-hybridized carbons (Fsp3) is 0.423. The van der Waals surface area contributed by atoms with E-state index in [0.29, 0.717) is 0 Å². The first-order valence-electron chi connectivity index (χ1n) is 12.4. The summed E-state index contributed by atoms with van der Waals surface area (Å²) in [5.41, 5.74) is 5.06. The molecule has 9 nitrogen and oxygen atoms in total. The summed E-state index contributed by atoms with van der Waals surface area (Å²) in [6, 6.07) is 14.7. The highest BCUT2D eigenvalue weighted by Crippen LogP contribution is 2.42. The van der Waals surface area contributed by atoms with Crippen LogP contribution in [0.15, 0.2) is 42.5 Å². The SMILES string of the molecule is C[C@H]1CCc2c(ccc3c2nc(Cc2ccccc2)n3[C@H]2CCC[C@H](c3nnn[nH]3)C2)N1C(=O)O. The molecular weight excluding hydrogens is 442 g/mol. The zero-order valence-corrected chi connectivity index (χ0v) is 19.8. The monoisotopic (exact) mass is 471 g/mol. The van der Waals surface area contributed by atoms with Gasteiger partial charge in [0, 0.05) is 30.0 Å². The summed E-state index contributed by atoms with van der Waals surface area (Å²) in [5.74, 6) is 2.17. The predicted octanol–water partition coefficient (Wildman–Crippen LogP) is 4.86. The van der Waals surface area contributed by atoms with E-state index in [0.717, 1.165) is 78.9 Å². The van der Waals surface area contributed by atoms with Crippen molar-refractivity contribution in [2.45, 2.75) is 69.9 Å². The number of aromatic amines is 1. The number of carboxylic acid groups (broad SMARTS) is 1. The molecule has 4 aromatic rings. The van der Waals surface area contributed by atoms with Crippen molar-refractivity contribution < 1.29 is 9.90 Å². The Balaban J connectivity index is 1.48. The van der Waals surface area contributed by atoms with E-state index in [4.69, 9.17) is 4.98 Å². The van der Waals surface area contributed by atoms with Gasteiger partial charge >= 0.3 is 6.09 Å². The molecule has 6 rings (SSSR count). The number of fused-ring (bicyclic) bond motifs is 3. The zero-order valence-electron chi connectivity index (χ0n) is 19.8. The quantitative estimate of drug-likeness (QED) is 0.440. The minimum absolute atomic E-state index is 0.0436. The number of benzene rings is 2. The van der Waals surface area contributed by atoms with Gasteiger partial charge in [-0.2, -0.15) is 0 Å². The molecule has 9 heteroatoms. The molecule has 0 saturated heterocycles. The average molecular weight is 472 g/mol. The molecule has 180 valence electrons. The Morgan fingerprint density at radius 2 is 2.00 bits per heavy atom. The molecule has 1 fully saturated rings. The van der Waals surface area contributed by atoms with Gasteiger partial charge in [-0.3, -0.25) is 4.90 Å². The van der Waals surface area contributed by atoms with E-state index in [2.05, 4.69) is 55.5 Å². The molecule has 1 saturated carbocycles. The maximum Gasteiger partial charge on any atom is 0.412 e. The van der Waals surface area contributed by atoms with E-state index in [9.17, 15) is 9.90 Å². The molecule has 0 unspecified atom stereocenters. The summed E-state index contributed by atoms with van der Waals surface area (Å²) < 4.78 is 2.42.